The molecule has 7 heteroatoms. The van der Waals surface area contributed by atoms with Gasteiger partial charge in [0.15, 0.2) is 0 Å². The number of nitrogens with zero attached hydrogens (tertiary/aromatic N) is 1. The molecule has 0 saturated heterocycles. The summed E-state index contributed by atoms with van der Waals surface area (Å²) in [4.78, 5) is 10.6. The number of carbonyl (C=O) groups is 1. The SMILES string of the molecule is CC(C)OCCS(=O)(=O)N(C)C(C)C(=O)O. The van der Waals surface area contributed by atoms with E-state index >= 15 is 0 Å². The highest BCUT2D eigenvalue weighted by Gasteiger charge is 2.27. The number of likely N-dealkylation sites (N-methyl/N-ethyl adjacent to an activating group) is 1. The summed E-state index contributed by atoms with van der Waals surface area (Å²) in [5.41, 5.74) is 0. The van der Waals surface area contributed by atoms with E-state index in [1.165, 1.54) is 14.0 Å². The van der Waals surface area contributed by atoms with Gasteiger partial charge in [0.05, 0.1) is 18.5 Å². The average molecular weight is 253 g/mol. The minimum atomic E-state index is -3.57. The monoisotopic (exact) mass is 253 g/mol. The molecule has 1 N–H and O–H groups in total. The van der Waals surface area contributed by atoms with E-state index < -0.39 is 22.0 Å². The number of carboxylic acid groups (broad SMARTS) is 1. The maximum absolute atomic E-state index is 11.6. The molecule has 16 heavy (non-hydrogen) atoms. The summed E-state index contributed by atoms with van der Waals surface area (Å²) in [5, 5.41) is 8.69. The molecule has 0 amide bonds. The third-order valence-corrected chi connectivity index (χ3v) is 4.01. The van der Waals surface area contributed by atoms with Gasteiger partial charge in [0, 0.05) is 7.05 Å². The van der Waals surface area contributed by atoms with Gasteiger partial charge in [-0.3, -0.25) is 4.79 Å². The largest absolute Gasteiger partial charge is 0.480 e. The lowest BCUT2D eigenvalue weighted by Crippen LogP contribution is -2.42. The molecule has 6 nitrogen and oxygen atoms in total. The molecule has 1 atom stereocenters. The van der Waals surface area contributed by atoms with Crippen molar-refractivity contribution in [3.63, 3.8) is 0 Å². The molecule has 0 aliphatic carbocycles. The van der Waals surface area contributed by atoms with Crippen LogP contribution in [0.2, 0.25) is 0 Å². The van der Waals surface area contributed by atoms with Gasteiger partial charge in [-0.05, 0) is 20.8 Å². The molecule has 0 aromatic heterocycles. The van der Waals surface area contributed by atoms with Gasteiger partial charge in [-0.2, -0.15) is 4.31 Å². The molecule has 0 spiro atoms. The summed E-state index contributed by atoms with van der Waals surface area (Å²) in [6, 6.07) is -1.07. The van der Waals surface area contributed by atoms with Gasteiger partial charge in [0.25, 0.3) is 0 Å². The normalized spacial score (nSPS) is 14.4. The molecule has 0 aromatic rings. The van der Waals surface area contributed by atoms with Gasteiger partial charge in [0.1, 0.15) is 6.04 Å². The van der Waals surface area contributed by atoms with Gasteiger partial charge >= 0.3 is 5.97 Å². The van der Waals surface area contributed by atoms with Crippen molar-refractivity contribution in [1.29, 1.82) is 0 Å². The number of hydrogen-bond donors (Lipinski definition) is 1. The second kappa shape index (κ2) is 6.17. The van der Waals surface area contributed by atoms with Crippen LogP contribution in [0.5, 0.6) is 0 Å². The van der Waals surface area contributed by atoms with Crippen molar-refractivity contribution >= 4 is 16.0 Å². The first-order chi connectivity index (χ1) is 7.18. The number of aliphatic carboxylic acids is 1. The van der Waals surface area contributed by atoms with E-state index in [0.29, 0.717) is 0 Å². The van der Waals surface area contributed by atoms with Gasteiger partial charge in [0.2, 0.25) is 10.0 Å². The van der Waals surface area contributed by atoms with Crippen LogP contribution in [0, 0.1) is 0 Å². The van der Waals surface area contributed by atoms with E-state index in [0.717, 1.165) is 4.31 Å². The third kappa shape index (κ3) is 4.91. The Morgan fingerprint density at radius 3 is 2.25 bits per heavy atom. The molecular weight excluding hydrogens is 234 g/mol. The van der Waals surface area contributed by atoms with E-state index in [4.69, 9.17) is 9.84 Å². The molecule has 0 aliphatic rings. The van der Waals surface area contributed by atoms with Crippen molar-refractivity contribution in [2.75, 3.05) is 19.4 Å². The predicted molar refractivity (Wildman–Crippen MR) is 59.7 cm³/mol. The van der Waals surface area contributed by atoms with Crippen LogP contribution >= 0.6 is 0 Å². The van der Waals surface area contributed by atoms with E-state index in [-0.39, 0.29) is 18.5 Å². The van der Waals surface area contributed by atoms with Crippen LogP contribution in [-0.4, -0.2) is 55.4 Å². The zero-order valence-electron chi connectivity index (χ0n) is 10.0. The molecule has 0 fully saturated rings. The predicted octanol–water partition coefficient (Wildman–Crippen LogP) is 0.146. The average Bonchev–Trinajstić information content (AvgIpc) is 2.14. The Kier molecular flexibility index (Phi) is 5.91. The molecule has 0 saturated carbocycles. The van der Waals surface area contributed by atoms with Crippen LogP contribution in [0.3, 0.4) is 0 Å². The van der Waals surface area contributed by atoms with E-state index in [9.17, 15) is 13.2 Å². The van der Waals surface area contributed by atoms with Crippen molar-refractivity contribution in [2.24, 2.45) is 0 Å². The molecule has 0 aliphatic heterocycles. The Balaban J connectivity index is 4.38. The van der Waals surface area contributed by atoms with Gasteiger partial charge in [-0.1, -0.05) is 0 Å². The Hall–Kier alpha value is -0.660. The summed E-state index contributed by atoms with van der Waals surface area (Å²) < 4.78 is 29.2. The van der Waals surface area contributed by atoms with Crippen LogP contribution in [0.25, 0.3) is 0 Å². The van der Waals surface area contributed by atoms with E-state index in [1.807, 2.05) is 0 Å². The highest BCUT2D eigenvalue weighted by Crippen LogP contribution is 2.05. The minimum Gasteiger partial charge on any atom is -0.480 e. The number of ether oxygens (including phenoxy) is 1. The summed E-state index contributed by atoms with van der Waals surface area (Å²) in [6.07, 6.45) is -0.0441. The molecule has 96 valence electrons. The number of sulfonamides is 1. The summed E-state index contributed by atoms with van der Waals surface area (Å²) >= 11 is 0. The molecule has 0 radical (unpaired) electrons. The van der Waals surface area contributed by atoms with Crippen molar-refractivity contribution < 1.29 is 23.1 Å². The van der Waals surface area contributed by atoms with Crippen LogP contribution in [0.15, 0.2) is 0 Å². The smallest absolute Gasteiger partial charge is 0.321 e. The van der Waals surface area contributed by atoms with E-state index in [1.54, 1.807) is 13.8 Å². The van der Waals surface area contributed by atoms with Crippen LogP contribution < -0.4 is 0 Å². The van der Waals surface area contributed by atoms with Crippen molar-refractivity contribution in [3.8, 4) is 0 Å². The second-order valence-corrected chi connectivity index (χ2v) is 5.91. The summed E-state index contributed by atoms with van der Waals surface area (Å²) in [5.74, 6) is -1.38. The molecule has 0 aromatic carbocycles. The highest BCUT2D eigenvalue weighted by atomic mass is 32.2. The fourth-order valence-corrected chi connectivity index (χ4v) is 2.10. The first-order valence-electron chi connectivity index (χ1n) is 4.98. The molecular formula is C9H19NO5S. The Morgan fingerprint density at radius 1 is 1.38 bits per heavy atom. The van der Waals surface area contributed by atoms with Gasteiger partial charge in [-0.25, -0.2) is 8.42 Å². The third-order valence-electron chi connectivity index (χ3n) is 2.13. The van der Waals surface area contributed by atoms with Crippen molar-refractivity contribution in [3.05, 3.63) is 0 Å². The standard InChI is InChI=1S/C9H19NO5S/c1-7(2)15-5-6-16(13,14)10(4)8(3)9(11)12/h7-8H,5-6H2,1-4H3,(H,11,12). The summed E-state index contributed by atoms with van der Waals surface area (Å²) in [7, 11) is -2.32. The highest BCUT2D eigenvalue weighted by molar-refractivity contribution is 7.89. The Morgan fingerprint density at radius 2 is 1.88 bits per heavy atom. The van der Waals surface area contributed by atoms with Crippen molar-refractivity contribution in [2.45, 2.75) is 32.9 Å². The van der Waals surface area contributed by atoms with Crippen LogP contribution in [0.4, 0.5) is 0 Å². The molecule has 0 bridgehead atoms. The van der Waals surface area contributed by atoms with Crippen LogP contribution in [0.1, 0.15) is 20.8 Å². The zero-order valence-corrected chi connectivity index (χ0v) is 10.8. The van der Waals surface area contributed by atoms with Gasteiger partial charge < -0.3 is 9.84 Å². The number of hydrogen-bond acceptors (Lipinski definition) is 4. The molecule has 0 heterocycles. The second-order valence-electron chi connectivity index (χ2n) is 3.77. The molecule has 1 unspecified atom stereocenters. The van der Waals surface area contributed by atoms with Crippen molar-refractivity contribution in [1.82, 2.24) is 4.31 Å². The van der Waals surface area contributed by atoms with Crippen LogP contribution in [-0.2, 0) is 19.6 Å². The lowest BCUT2D eigenvalue weighted by atomic mass is 10.4. The fourth-order valence-electron chi connectivity index (χ4n) is 0.930. The maximum Gasteiger partial charge on any atom is 0.321 e. The topological polar surface area (TPSA) is 83.9 Å². The van der Waals surface area contributed by atoms with E-state index in [2.05, 4.69) is 0 Å². The zero-order chi connectivity index (χ0) is 12.9. The summed E-state index contributed by atoms with van der Waals surface area (Å²) in [6.45, 7) is 4.99. The number of rotatable bonds is 7. The lowest BCUT2D eigenvalue weighted by molar-refractivity contribution is -0.140. The first kappa shape index (κ1) is 15.3. The lowest BCUT2D eigenvalue weighted by Gasteiger charge is -2.21. The molecule has 0 rings (SSSR count). The number of carboxylic acids is 1. The minimum absolute atomic E-state index is 0.0441. The maximum atomic E-state index is 11.6. The first-order valence-corrected chi connectivity index (χ1v) is 6.59. The quantitative estimate of drug-likeness (QED) is 0.698. The fraction of sp³-hybridized carbons (Fsp3) is 0.889. The Labute approximate surface area is 96.2 Å². The van der Waals surface area contributed by atoms with Gasteiger partial charge in [-0.15, -0.1) is 0 Å². The Bertz CT molecular complexity index is 325.